The van der Waals surface area contributed by atoms with Crippen LogP contribution in [0.5, 0.6) is 0 Å². The molecule has 7 nitrogen and oxygen atoms in total. The van der Waals surface area contributed by atoms with E-state index in [0.717, 1.165) is 0 Å². The van der Waals surface area contributed by atoms with E-state index >= 15 is 0 Å². The van der Waals surface area contributed by atoms with Crippen LogP contribution in [0.25, 0.3) is 10.9 Å². The van der Waals surface area contributed by atoms with Crippen LogP contribution in [0.2, 0.25) is 0 Å². The summed E-state index contributed by atoms with van der Waals surface area (Å²) >= 11 is 0. The second-order valence-corrected chi connectivity index (χ2v) is 6.85. The third kappa shape index (κ3) is 2.72. The monoisotopic (exact) mass is 308 g/mol. The molecule has 1 aliphatic rings. The number of aromatic nitrogens is 1. The van der Waals surface area contributed by atoms with E-state index < -0.39 is 10.0 Å². The first-order valence-corrected chi connectivity index (χ1v) is 8.10. The number of fused-ring (bicyclic) bond motifs is 1. The maximum atomic E-state index is 12.4. The van der Waals surface area contributed by atoms with Gasteiger partial charge in [0.15, 0.2) is 0 Å². The van der Waals surface area contributed by atoms with Crippen LogP contribution < -0.4 is 15.8 Å². The van der Waals surface area contributed by atoms with Crippen molar-refractivity contribution in [2.24, 2.45) is 0 Å². The Morgan fingerprint density at radius 3 is 2.90 bits per heavy atom. The van der Waals surface area contributed by atoms with Crippen LogP contribution in [0.3, 0.4) is 0 Å². The normalized spacial score (nSPS) is 19.0. The highest BCUT2D eigenvalue weighted by molar-refractivity contribution is 7.89. The Morgan fingerprint density at radius 2 is 2.19 bits per heavy atom. The Hall–Kier alpha value is -2.06. The predicted molar refractivity (Wildman–Crippen MR) is 79.1 cm³/mol. The first kappa shape index (κ1) is 13.9. The Morgan fingerprint density at radius 1 is 1.38 bits per heavy atom. The average molecular weight is 308 g/mol. The van der Waals surface area contributed by atoms with Crippen LogP contribution in [0.1, 0.15) is 12.8 Å². The maximum absolute atomic E-state index is 12.4. The summed E-state index contributed by atoms with van der Waals surface area (Å²) in [6.07, 6.45) is 2.53. The number of aromatic amines is 1. The fourth-order valence-electron chi connectivity index (χ4n) is 2.45. The lowest BCUT2D eigenvalue weighted by Crippen LogP contribution is -2.38. The van der Waals surface area contributed by atoms with Gasteiger partial charge in [-0.2, -0.15) is 0 Å². The van der Waals surface area contributed by atoms with Crippen molar-refractivity contribution >= 4 is 32.5 Å². The molecule has 8 heteroatoms. The lowest BCUT2D eigenvalue weighted by molar-refractivity contribution is -0.119. The number of carbonyl (C=O) groups is 1. The number of amides is 1. The predicted octanol–water partition coefficient (Wildman–Crippen LogP) is 0.307. The summed E-state index contributed by atoms with van der Waals surface area (Å²) in [6.45, 7) is 0.184. The molecule has 1 amide bonds. The van der Waals surface area contributed by atoms with E-state index in [4.69, 9.17) is 5.73 Å². The summed E-state index contributed by atoms with van der Waals surface area (Å²) in [4.78, 5) is 14.2. The summed E-state index contributed by atoms with van der Waals surface area (Å²) in [5, 5.41) is 3.28. The van der Waals surface area contributed by atoms with Crippen molar-refractivity contribution in [1.29, 1.82) is 0 Å². The first-order valence-electron chi connectivity index (χ1n) is 6.61. The molecule has 21 heavy (non-hydrogen) atoms. The molecule has 1 unspecified atom stereocenters. The Kier molecular flexibility index (Phi) is 3.34. The van der Waals surface area contributed by atoms with Crippen molar-refractivity contribution in [1.82, 2.24) is 15.0 Å². The van der Waals surface area contributed by atoms with E-state index in [0.29, 0.717) is 29.4 Å². The second kappa shape index (κ2) is 5.05. The Balaban J connectivity index is 1.83. The second-order valence-electron chi connectivity index (χ2n) is 5.11. The molecule has 0 aliphatic carbocycles. The van der Waals surface area contributed by atoms with Gasteiger partial charge in [0.25, 0.3) is 0 Å². The number of nitrogen functional groups attached to an aromatic ring is 1. The minimum absolute atomic E-state index is 0.0425. The number of sulfonamides is 1. The van der Waals surface area contributed by atoms with Gasteiger partial charge in [-0.25, -0.2) is 13.1 Å². The highest BCUT2D eigenvalue weighted by atomic mass is 32.2. The van der Waals surface area contributed by atoms with Gasteiger partial charge < -0.3 is 16.0 Å². The van der Waals surface area contributed by atoms with Crippen molar-refractivity contribution in [3.05, 3.63) is 24.4 Å². The fraction of sp³-hybridized carbons (Fsp3) is 0.308. The molecule has 1 aromatic heterocycles. The number of rotatable bonds is 4. The molecule has 0 saturated carbocycles. The van der Waals surface area contributed by atoms with E-state index in [1.165, 1.54) is 6.20 Å². The molecule has 1 atom stereocenters. The molecule has 2 heterocycles. The van der Waals surface area contributed by atoms with Crippen molar-refractivity contribution in [2.75, 3.05) is 12.3 Å². The molecule has 0 radical (unpaired) electrons. The standard InChI is InChI=1S/C13H16N4O3S/c14-8-1-3-11-10(5-8)12(7-15-11)21(19,20)16-6-9-2-4-13(18)17-9/h1,3,5,7,9,15-16H,2,4,6,14H2,(H,17,18). The smallest absolute Gasteiger partial charge is 0.242 e. The van der Waals surface area contributed by atoms with Crippen LogP contribution in [-0.2, 0) is 14.8 Å². The number of benzene rings is 1. The lowest BCUT2D eigenvalue weighted by Gasteiger charge is -2.11. The lowest BCUT2D eigenvalue weighted by atomic mass is 10.2. The average Bonchev–Trinajstić information content (AvgIpc) is 3.02. The molecule has 5 N–H and O–H groups in total. The zero-order chi connectivity index (χ0) is 15.0. The van der Waals surface area contributed by atoms with E-state index in [9.17, 15) is 13.2 Å². The minimum Gasteiger partial charge on any atom is -0.399 e. The molecule has 3 rings (SSSR count). The molecule has 1 saturated heterocycles. The number of nitrogens with one attached hydrogen (secondary N) is 3. The van der Waals surface area contributed by atoms with Gasteiger partial charge in [-0.3, -0.25) is 4.79 Å². The van der Waals surface area contributed by atoms with Crippen molar-refractivity contribution in [3.8, 4) is 0 Å². The number of H-pyrrole nitrogens is 1. The third-order valence-corrected chi connectivity index (χ3v) is 5.03. The summed E-state index contributed by atoms with van der Waals surface area (Å²) in [5.74, 6) is -0.0425. The van der Waals surface area contributed by atoms with Crippen molar-refractivity contribution in [3.63, 3.8) is 0 Å². The largest absolute Gasteiger partial charge is 0.399 e. The van der Waals surface area contributed by atoms with Crippen molar-refractivity contribution < 1.29 is 13.2 Å². The molecule has 1 aromatic carbocycles. The molecule has 1 fully saturated rings. The van der Waals surface area contributed by atoms with Crippen LogP contribution in [-0.4, -0.2) is 31.9 Å². The highest BCUT2D eigenvalue weighted by Gasteiger charge is 2.24. The van der Waals surface area contributed by atoms with E-state index in [2.05, 4.69) is 15.0 Å². The highest BCUT2D eigenvalue weighted by Crippen LogP contribution is 2.24. The van der Waals surface area contributed by atoms with Gasteiger partial charge >= 0.3 is 0 Å². The molecular formula is C13H16N4O3S. The fourth-order valence-corrected chi connectivity index (χ4v) is 3.70. The Labute approximate surface area is 122 Å². The van der Waals surface area contributed by atoms with Crippen LogP contribution >= 0.6 is 0 Å². The van der Waals surface area contributed by atoms with Gasteiger partial charge in [-0.05, 0) is 24.6 Å². The molecule has 0 spiro atoms. The van der Waals surface area contributed by atoms with Crippen LogP contribution in [0.4, 0.5) is 5.69 Å². The number of hydrogen-bond donors (Lipinski definition) is 4. The van der Waals surface area contributed by atoms with Gasteiger partial charge in [-0.15, -0.1) is 0 Å². The topological polar surface area (TPSA) is 117 Å². The minimum atomic E-state index is -3.65. The van der Waals surface area contributed by atoms with Gasteiger partial charge in [0.05, 0.1) is 0 Å². The number of anilines is 1. The summed E-state index contributed by atoms with van der Waals surface area (Å²) in [7, 11) is -3.65. The SMILES string of the molecule is Nc1ccc2[nH]cc(S(=O)(=O)NCC3CCC(=O)N3)c2c1. The summed E-state index contributed by atoms with van der Waals surface area (Å²) < 4.78 is 27.3. The van der Waals surface area contributed by atoms with Gasteiger partial charge in [0.2, 0.25) is 15.9 Å². The molecule has 2 aromatic rings. The molecule has 0 bridgehead atoms. The first-order chi connectivity index (χ1) is 9.95. The number of hydrogen-bond acceptors (Lipinski definition) is 4. The van der Waals surface area contributed by atoms with Crippen LogP contribution in [0.15, 0.2) is 29.3 Å². The van der Waals surface area contributed by atoms with Crippen molar-refractivity contribution in [2.45, 2.75) is 23.8 Å². The maximum Gasteiger partial charge on any atom is 0.242 e. The number of nitrogens with two attached hydrogens (primary N) is 1. The third-order valence-electron chi connectivity index (χ3n) is 3.56. The molecular weight excluding hydrogens is 292 g/mol. The summed E-state index contributed by atoms with van der Waals surface area (Å²) in [5.41, 5.74) is 6.92. The van der Waals surface area contributed by atoms with Gasteiger partial charge in [0.1, 0.15) is 4.90 Å². The van der Waals surface area contributed by atoms with Gasteiger partial charge in [-0.1, -0.05) is 0 Å². The van der Waals surface area contributed by atoms with E-state index in [-0.39, 0.29) is 23.4 Å². The summed E-state index contributed by atoms with van der Waals surface area (Å²) in [6, 6.07) is 4.91. The van der Waals surface area contributed by atoms with Crippen LogP contribution in [0, 0.1) is 0 Å². The zero-order valence-corrected chi connectivity index (χ0v) is 12.0. The quantitative estimate of drug-likeness (QED) is 0.608. The molecule has 112 valence electrons. The molecule has 1 aliphatic heterocycles. The van der Waals surface area contributed by atoms with Gasteiger partial charge in [0, 0.05) is 41.8 Å². The Bertz CT molecular complexity index is 797. The van der Waals surface area contributed by atoms with E-state index in [1.807, 2.05) is 0 Å². The number of carbonyl (C=O) groups excluding carboxylic acids is 1. The van der Waals surface area contributed by atoms with E-state index in [1.54, 1.807) is 18.2 Å². The zero-order valence-electron chi connectivity index (χ0n) is 11.2.